The highest BCUT2D eigenvalue weighted by Crippen LogP contribution is 2.46. The quantitative estimate of drug-likeness (QED) is 0.551. The van der Waals surface area contributed by atoms with Crippen LogP contribution in [0.1, 0.15) is 13.8 Å². The minimum absolute atomic E-state index is 0.0811. The van der Waals surface area contributed by atoms with Crippen molar-refractivity contribution in [1.82, 2.24) is 0 Å². The molecule has 0 bridgehead atoms. The maximum Gasteiger partial charge on any atom is 0.309 e. The molecule has 0 aromatic rings. The maximum absolute atomic E-state index is 10.9. The average Bonchev–Trinajstić information content (AvgIpc) is 2.60. The van der Waals surface area contributed by atoms with E-state index in [4.69, 9.17) is 0 Å². The van der Waals surface area contributed by atoms with Crippen molar-refractivity contribution >= 4 is 11.8 Å². The molecule has 1 fully saturated rings. The van der Waals surface area contributed by atoms with Gasteiger partial charge in [-0.1, -0.05) is 6.92 Å². The molecule has 1 aliphatic carbocycles. The molecule has 3 nitrogen and oxygen atoms in total. The predicted molar refractivity (Wildman–Crippen MR) is 38.8 cm³/mol. The molecule has 1 rings (SSSR count). The second kappa shape index (κ2) is 2.64. The highest BCUT2D eigenvalue weighted by Gasteiger charge is 2.55. The fourth-order valence-electron chi connectivity index (χ4n) is 1.58. The fourth-order valence-corrected chi connectivity index (χ4v) is 1.58. The van der Waals surface area contributed by atoms with Crippen molar-refractivity contribution in [3.05, 3.63) is 0 Å². The Morgan fingerprint density at radius 2 is 1.82 bits per heavy atom. The SMILES string of the molecule is COC(=O)C1C(C)C1C(C)=O. The van der Waals surface area contributed by atoms with Crippen LogP contribution in [0, 0.1) is 17.8 Å². The number of hydrogen-bond acceptors (Lipinski definition) is 3. The Balaban J connectivity index is 2.54. The van der Waals surface area contributed by atoms with Crippen LogP contribution in [0.2, 0.25) is 0 Å². The van der Waals surface area contributed by atoms with Crippen LogP contribution in [-0.4, -0.2) is 18.9 Å². The third-order valence-electron chi connectivity index (χ3n) is 2.32. The lowest BCUT2D eigenvalue weighted by atomic mass is 10.2. The van der Waals surface area contributed by atoms with Crippen LogP contribution in [0.5, 0.6) is 0 Å². The van der Waals surface area contributed by atoms with Crippen LogP contribution in [0.25, 0.3) is 0 Å². The zero-order valence-electron chi connectivity index (χ0n) is 6.96. The summed E-state index contributed by atoms with van der Waals surface area (Å²) in [5.74, 6) is -0.231. The maximum atomic E-state index is 10.9. The van der Waals surface area contributed by atoms with Gasteiger partial charge in [-0.05, 0) is 12.8 Å². The third-order valence-corrected chi connectivity index (χ3v) is 2.32. The smallest absolute Gasteiger partial charge is 0.309 e. The first-order valence-corrected chi connectivity index (χ1v) is 3.68. The van der Waals surface area contributed by atoms with Gasteiger partial charge >= 0.3 is 5.97 Å². The van der Waals surface area contributed by atoms with Gasteiger partial charge in [0.1, 0.15) is 5.78 Å². The van der Waals surface area contributed by atoms with Crippen molar-refractivity contribution in [2.75, 3.05) is 7.11 Å². The van der Waals surface area contributed by atoms with E-state index in [-0.39, 0.29) is 29.5 Å². The third kappa shape index (κ3) is 1.27. The molecule has 11 heavy (non-hydrogen) atoms. The Morgan fingerprint density at radius 1 is 1.27 bits per heavy atom. The predicted octanol–water partition coefficient (Wildman–Crippen LogP) is 0.630. The summed E-state index contributed by atoms with van der Waals surface area (Å²) >= 11 is 0. The Hall–Kier alpha value is -0.860. The molecule has 3 atom stereocenters. The number of esters is 1. The van der Waals surface area contributed by atoms with E-state index in [2.05, 4.69) is 4.74 Å². The number of ether oxygens (including phenoxy) is 1. The van der Waals surface area contributed by atoms with Gasteiger partial charge in [-0.15, -0.1) is 0 Å². The minimum Gasteiger partial charge on any atom is -0.469 e. The van der Waals surface area contributed by atoms with Crippen molar-refractivity contribution in [1.29, 1.82) is 0 Å². The van der Waals surface area contributed by atoms with Gasteiger partial charge in [-0.25, -0.2) is 0 Å². The first-order chi connectivity index (χ1) is 5.09. The zero-order valence-corrected chi connectivity index (χ0v) is 6.96. The molecule has 0 aliphatic heterocycles. The summed E-state index contributed by atoms with van der Waals surface area (Å²) in [4.78, 5) is 21.8. The minimum atomic E-state index is -0.252. The van der Waals surface area contributed by atoms with E-state index in [0.717, 1.165) is 0 Å². The van der Waals surface area contributed by atoms with Crippen molar-refractivity contribution in [2.24, 2.45) is 17.8 Å². The van der Waals surface area contributed by atoms with E-state index in [1.807, 2.05) is 6.92 Å². The van der Waals surface area contributed by atoms with E-state index >= 15 is 0 Å². The number of rotatable bonds is 2. The Bertz CT molecular complexity index is 198. The molecule has 0 spiro atoms. The molecule has 0 saturated heterocycles. The van der Waals surface area contributed by atoms with Crippen LogP contribution >= 0.6 is 0 Å². The van der Waals surface area contributed by atoms with Gasteiger partial charge in [0.25, 0.3) is 0 Å². The van der Waals surface area contributed by atoms with Gasteiger partial charge < -0.3 is 4.74 Å². The number of hydrogen-bond donors (Lipinski definition) is 0. The number of ketones is 1. The first kappa shape index (κ1) is 8.24. The van der Waals surface area contributed by atoms with Crippen LogP contribution in [0.15, 0.2) is 0 Å². The lowest BCUT2D eigenvalue weighted by Gasteiger charge is -1.93. The first-order valence-electron chi connectivity index (χ1n) is 3.68. The number of methoxy groups -OCH3 is 1. The summed E-state index contributed by atoms with van der Waals surface area (Å²) in [5, 5.41) is 0. The van der Waals surface area contributed by atoms with Crippen LogP contribution < -0.4 is 0 Å². The van der Waals surface area contributed by atoms with E-state index in [0.29, 0.717) is 0 Å². The molecule has 0 heterocycles. The molecular formula is C8H12O3. The molecule has 3 heteroatoms. The molecule has 1 aliphatic rings. The van der Waals surface area contributed by atoms with Gasteiger partial charge in [0.2, 0.25) is 0 Å². The average molecular weight is 156 g/mol. The lowest BCUT2D eigenvalue weighted by Crippen LogP contribution is -2.07. The van der Waals surface area contributed by atoms with Crippen molar-refractivity contribution < 1.29 is 14.3 Å². The fraction of sp³-hybridized carbons (Fsp3) is 0.750. The highest BCUT2D eigenvalue weighted by molar-refractivity contribution is 5.90. The summed E-state index contributed by atoms with van der Waals surface area (Å²) in [6.45, 7) is 3.41. The van der Waals surface area contributed by atoms with Crippen LogP contribution in [0.4, 0.5) is 0 Å². The Labute approximate surface area is 65.7 Å². The molecule has 1 saturated carbocycles. The summed E-state index contributed by atoms with van der Waals surface area (Å²) in [5.41, 5.74) is 0. The largest absolute Gasteiger partial charge is 0.469 e. The Morgan fingerprint density at radius 3 is 2.09 bits per heavy atom. The number of carbonyl (C=O) groups is 2. The second-order valence-corrected chi connectivity index (χ2v) is 3.04. The van der Waals surface area contributed by atoms with Crippen LogP contribution in [-0.2, 0) is 14.3 Å². The molecule has 0 N–H and O–H groups in total. The lowest BCUT2D eigenvalue weighted by molar-refractivity contribution is -0.143. The van der Waals surface area contributed by atoms with Crippen molar-refractivity contribution in [3.8, 4) is 0 Å². The van der Waals surface area contributed by atoms with E-state index < -0.39 is 0 Å². The molecular weight excluding hydrogens is 144 g/mol. The normalized spacial score (nSPS) is 34.6. The molecule has 0 amide bonds. The highest BCUT2D eigenvalue weighted by atomic mass is 16.5. The topological polar surface area (TPSA) is 43.4 Å². The zero-order chi connectivity index (χ0) is 8.59. The summed E-state index contributed by atoms with van der Waals surface area (Å²) in [7, 11) is 1.35. The molecule has 0 aromatic carbocycles. The van der Waals surface area contributed by atoms with Gasteiger partial charge in [0, 0.05) is 5.92 Å². The molecule has 62 valence electrons. The van der Waals surface area contributed by atoms with Crippen LogP contribution in [0.3, 0.4) is 0 Å². The van der Waals surface area contributed by atoms with Gasteiger partial charge in [0.15, 0.2) is 0 Å². The Kier molecular flexibility index (Phi) is 1.98. The number of Topliss-reactive ketones (excluding diaryl/α,β-unsaturated/α-hetero) is 1. The number of carbonyl (C=O) groups excluding carboxylic acids is 2. The molecule has 0 radical (unpaired) electrons. The summed E-state index contributed by atoms with van der Waals surface area (Å²) in [6, 6.07) is 0. The van der Waals surface area contributed by atoms with Gasteiger partial charge in [-0.3, -0.25) is 9.59 Å². The van der Waals surface area contributed by atoms with E-state index in [1.165, 1.54) is 14.0 Å². The molecule has 0 aromatic heterocycles. The second-order valence-electron chi connectivity index (χ2n) is 3.04. The van der Waals surface area contributed by atoms with Crippen molar-refractivity contribution in [3.63, 3.8) is 0 Å². The monoisotopic (exact) mass is 156 g/mol. The standard InChI is InChI=1S/C8H12O3/c1-4-6(5(2)9)7(4)8(10)11-3/h4,6-7H,1-3H3. The summed E-state index contributed by atoms with van der Waals surface area (Å²) in [6.07, 6.45) is 0. The van der Waals surface area contributed by atoms with E-state index in [1.54, 1.807) is 0 Å². The summed E-state index contributed by atoms with van der Waals surface area (Å²) < 4.78 is 4.53. The molecule has 3 unspecified atom stereocenters. The van der Waals surface area contributed by atoms with Gasteiger partial charge in [-0.2, -0.15) is 0 Å². The van der Waals surface area contributed by atoms with Crippen molar-refractivity contribution in [2.45, 2.75) is 13.8 Å². The van der Waals surface area contributed by atoms with E-state index in [9.17, 15) is 9.59 Å². The van der Waals surface area contributed by atoms with Gasteiger partial charge in [0.05, 0.1) is 13.0 Å².